The lowest BCUT2D eigenvalue weighted by atomic mass is 9.96. The Morgan fingerprint density at radius 3 is 2.15 bits per heavy atom. The Kier molecular flexibility index (Phi) is 2.07. The lowest BCUT2D eigenvalue weighted by Crippen LogP contribution is -2.45. The quantitative estimate of drug-likeness (QED) is 0.614. The van der Waals surface area contributed by atoms with Gasteiger partial charge in [0.25, 0.3) is 0 Å². The second-order valence-electron chi connectivity index (χ2n) is 4.91. The fraction of sp³-hybridized carbons (Fsp3) is 1.00. The van der Waals surface area contributed by atoms with Crippen LogP contribution in [-0.2, 0) is 9.47 Å². The van der Waals surface area contributed by atoms with E-state index >= 15 is 0 Å². The second-order valence-corrected chi connectivity index (χ2v) is 6.66. The summed E-state index contributed by atoms with van der Waals surface area (Å²) >= 11 is 3.73. The first-order valence-electron chi connectivity index (χ1n) is 4.90. The number of hydrogen-bond donors (Lipinski definition) is 0. The molecule has 0 unspecified atom stereocenters. The average Bonchev–Trinajstić information content (AvgIpc) is 2.39. The Balaban J connectivity index is 2.23. The predicted molar refractivity (Wildman–Crippen MR) is 55.0 cm³/mol. The van der Waals surface area contributed by atoms with Crippen molar-refractivity contribution in [2.75, 3.05) is 6.61 Å². The lowest BCUT2D eigenvalue weighted by molar-refractivity contribution is -0.228. The molecule has 0 aromatic rings. The van der Waals surface area contributed by atoms with Crippen molar-refractivity contribution in [3.8, 4) is 0 Å². The van der Waals surface area contributed by atoms with Gasteiger partial charge in [-0.15, -0.1) is 0 Å². The minimum atomic E-state index is -0.365. The van der Waals surface area contributed by atoms with Gasteiger partial charge in [-0.3, -0.25) is 0 Å². The van der Waals surface area contributed by atoms with E-state index in [2.05, 4.69) is 36.7 Å². The summed E-state index contributed by atoms with van der Waals surface area (Å²) < 4.78 is 11.8. The summed E-state index contributed by atoms with van der Waals surface area (Å²) in [4.78, 5) is 0. The minimum absolute atomic E-state index is 0.00618. The topological polar surface area (TPSA) is 18.5 Å². The second kappa shape index (κ2) is 2.71. The van der Waals surface area contributed by atoms with Crippen molar-refractivity contribution in [1.82, 2.24) is 0 Å². The largest absolute Gasteiger partial charge is 0.348 e. The standard InChI is InChI=1S/C10H17BrO2/c1-8(2)4-5-10(13-8)9(3,11)6-7-12-10/h4-7H2,1-3H3/t9-,10+/m1/s1. The molecular formula is C10H17BrO2. The smallest absolute Gasteiger partial charge is 0.184 e. The maximum Gasteiger partial charge on any atom is 0.184 e. The molecule has 0 bridgehead atoms. The predicted octanol–water partition coefficient (Wildman–Crippen LogP) is 2.85. The molecule has 0 aliphatic carbocycles. The first kappa shape index (κ1) is 9.94. The monoisotopic (exact) mass is 248 g/mol. The van der Waals surface area contributed by atoms with Gasteiger partial charge in [0, 0.05) is 6.42 Å². The van der Waals surface area contributed by atoms with Crippen LogP contribution in [-0.4, -0.2) is 22.3 Å². The van der Waals surface area contributed by atoms with E-state index in [1.165, 1.54) is 0 Å². The van der Waals surface area contributed by atoms with E-state index in [9.17, 15) is 0 Å². The van der Waals surface area contributed by atoms with Gasteiger partial charge in [0.1, 0.15) is 0 Å². The molecule has 2 saturated heterocycles. The molecule has 2 aliphatic heterocycles. The van der Waals surface area contributed by atoms with Crippen molar-refractivity contribution in [1.29, 1.82) is 0 Å². The van der Waals surface area contributed by atoms with Gasteiger partial charge in [0.2, 0.25) is 0 Å². The SMILES string of the molecule is CC1(C)CC[C@]2(OCC[C@@]2(C)Br)O1. The highest BCUT2D eigenvalue weighted by molar-refractivity contribution is 9.10. The summed E-state index contributed by atoms with van der Waals surface area (Å²) in [5.41, 5.74) is -0.0284. The van der Waals surface area contributed by atoms with Crippen molar-refractivity contribution in [3.05, 3.63) is 0 Å². The molecule has 0 aromatic carbocycles. The van der Waals surface area contributed by atoms with E-state index in [4.69, 9.17) is 9.47 Å². The van der Waals surface area contributed by atoms with Crippen LogP contribution < -0.4 is 0 Å². The molecule has 0 N–H and O–H groups in total. The number of halogens is 1. The number of alkyl halides is 1. The van der Waals surface area contributed by atoms with E-state index in [1.807, 2.05) is 0 Å². The maximum absolute atomic E-state index is 6.04. The highest BCUT2D eigenvalue weighted by Crippen LogP contribution is 2.53. The molecule has 2 rings (SSSR count). The summed E-state index contributed by atoms with van der Waals surface area (Å²) in [5, 5.41) is 0. The van der Waals surface area contributed by atoms with Gasteiger partial charge in [-0.05, 0) is 33.6 Å². The van der Waals surface area contributed by atoms with Gasteiger partial charge in [-0.2, -0.15) is 0 Å². The first-order chi connectivity index (χ1) is 5.87. The van der Waals surface area contributed by atoms with Crippen molar-refractivity contribution in [2.45, 2.75) is 55.7 Å². The van der Waals surface area contributed by atoms with Gasteiger partial charge in [0.15, 0.2) is 5.79 Å². The number of rotatable bonds is 0. The Labute approximate surface area is 88.1 Å². The van der Waals surface area contributed by atoms with Crippen LogP contribution in [0.2, 0.25) is 0 Å². The molecule has 76 valence electrons. The third kappa shape index (κ3) is 1.45. The molecule has 2 heterocycles. The summed E-state index contributed by atoms with van der Waals surface area (Å²) in [5.74, 6) is -0.365. The Morgan fingerprint density at radius 2 is 1.77 bits per heavy atom. The van der Waals surface area contributed by atoms with Crippen LogP contribution in [0.15, 0.2) is 0 Å². The van der Waals surface area contributed by atoms with Crippen LogP contribution in [0.25, 0.3) is 0 Å². The van der Waals surface area contributed by atoms with Gasteiger partial charge in [-0.1, -0.05) is 15.9 Å². The summed E-state index contributed by atoms with van der Waals surface area (Å²) in [6.07, 6.45) is 3.11. The first-order valence-corrected chi connectivity index (χ1v) is 5.69. The minimum Gasteiger partial charge on any atom is -0.348 e. The molecule has 2 aliphatic rings. The zero-order valence-corrected chi connectivity index (χ0v) is 10.1. The molecular weight excluding hydrogens is 232 g/mol. The van der Waals surface area contributed by atoms with Crippen LogP contribution in [0.3, 0.4) is 0 Å². The van der Waals surface area contributed by atoms with Crippen molar-refractivity contribution < 1.29 is 9.47 Å². The van der Waals surface area contributed by atoms with Gasteiger partial charge >= 0.3 is 0 Å². The number of hydrogen-bond acceptors (Lipinski definition) is 2. The molecule has 2 nitrogen and oxygen atoms in total. The van der Waals surface area contributed by atoms with Gasteiger partial charge < -0.3 is 9.47 Å². The zero-order chi connectivity index (χ0) is 9.74. The number of ether oxygens (including phenoxy) is 2. The van der Waals surface area contributed by atoms with E-state index in [-0.39, 0.29) is 15.7 Å². The van der Waals surface area contributed by atoms with E-state index in [0.29, 0.717) is 0 Å². The van der Waals surface area contributed by atoms with Crippen LogP contribution in [0, 0.1) is 0 Å². The summed E-state index contributed by atoms with van der Waals surface area (Å²) in [6, 6.07) is 0. The van der Waals surface area contributed by atoms with Crippen LogP contribution in [0.4, 0.5) is 0 Å². The molecule has 0 saturated carbocycles. The van der Waals surface area contributed by atoms with Crippen molar-refractivity contribution in [3.63, 3.8) is 0 Å². The third-order valence-corrected chi connectivity index (χ3v) is 4.20. The highest BCUT2D eigenvalue weighted by atomic mass is 79.9. The maximum atomic E-state index is 6.04. The molecule has 3 heteroatoms. The van der Waals surface area contributed by atoms with Crippen molar-refractivity contribution >= 4 is 15.9 Å². The molecule has 0 amide bonds. The van der Waals surface area contributed by atoms with Crippen LogP contribution in [0.1, 0.15) is 40.0 Å². The molecule has 0 radical (unpaired) electrons. The lowest BCUT2D eigenvalue weighted by Gasteiger charge is -2.36. The molecule has 0 aromatic heterocycles. The van der Waals surface area contributed by atoms with Crippen LogP contribution >= 0.6 is 15.9 Å². The Hall–Kier alpha value is 0.400. The van der Waals surface area contributed by atoms with E-state index < -0.39 is 0 Å². The van der Waals surface area contributed by atoms with Gasteiger partial charge in [0.05, 0.1) is 16.5 Å². The highest BCUT2D eigenvalue weighted by Gasteiger charge is 2.59. The van der Waals surface area contributed by atoms with Crippen molar-refractivity contribution in [2.24, 2.45) is 0 Å². The summed E-state index contributed by atoms with van der Waals surface area (Å²) in [6.45, 7) is 7.23. The third-order valence-electron chi connectivity index (χ3n) is 3.20. The fourth-order valence-electron chi connectivity index (χ4n) is 2.23. The molecule has 2 atom stereocenters. The van der Waals surface area contributed by atoms with E-state index in [1.54, 1.807) is 0 Å². The molecule has 13 heavy (non-hydrogen) atoms. The summed E-state index contributed by atoms with van der Waals surface area (Å²) in [7, 11) is 0. The average molecular weight is 249 g/mol. The Morgan fingerprint density at radius 1 is 1.08 bits per heavy atom. The fourth-order valence-corrected chi connectivity index (χ4v) is 2.79. The normalized spacial score (nSPS) is 48.9. The van der Waals surface area contributed by atoms with Crippen LogP contribution in [0.5, 0.6) is 0 Å². The Bertz CT molecular complexity index is 225. The van der Waals surface area contributed by atoms with E-state index in [0.717, 1.165) is 25.9 Å². The zero-order valence-electron chi connectivity index (χ0n) is 8.52. The van der Waals surface area contributed by atoms with Gasteiger partial charge in [-0.25, -0.2) is 0 Å². The molecule has 2 fully saturated rings. The molecule has 1 spiro atoms.